The summed E-state index contributed by atoms with van der Waals surface area (Å²) in [6, 6.07) is 1.81. The van der Waals surface area contributed by atoms with Gasteiger partial charge in [-0.15, -0.1) is 9.42 Å². The summed E-state index contributed by atoms with van der Waals surface area (Å²) in [7, 11) is -2.64. The second-order valence-electron chi connectivity index (χ2n) is 4.23. The maximum Gasteiger partial charge on any atom is 0.695 e. The van der Waals surface area contributed by atoms with Crippen LogP contribution in [-0.2, 0) is 9.09 Å². The fourth-order valence-electron chi connectivity index (χ4n) is 2.23. The Balaban J connectivity index is 1.94. The van der Waals surface area contributed by atoms with E-state index in [-0.39, 0.29) is 18.6 Å². The van der Waals surface area contributed by atoms with Gasteiger partial charge in [-0.25, -0.2) is 9.97 Å². The van der Waals surface area contributed by atoms with Crippen molar-refractivity contribution in [1.29, 1.82) is 0 Å². The Morgan fingerprint density at radius 1 is 1.56 bits per heavy atom. The highest BCUT2D eigenvalue weighted by molar-refractivity contribution is 7.32. The highest BCUT2D eigenvalue weighted by atomic mass is 31.1. The van der Waals surface area contributed by atoms with Gasteiger partial charge in [0.1, 0.15) is 18.2 Å². The number of anilines is 1. The van der Waals surface area contributed by atoms with Gasteiger partial charge in [0.05, 0.1) is 0 Å². The predicted octanol–water partition coefficient (Wildman–Crippen LogP) is 0.694. The van der Waals surface area contributed by atoms with E-state index in [0.717, 1.165) is 0 Å². The fraction of sp³-hybridized carbons (Fsp3) is 0.600. The van der Waals surface area contributed by atoms with Crippen LogP contribution in [-0.4, -0.2) is 38.7 Å². The first-order chi connectivity index (χ1) is 8.69. The van der Waals surface area contributed by atoms with Crippen molar-refractivity contribution in [3.05, 3.63) is 18.6 Å². The highest BCUT2D eigenvalue weighted by Crippen LogP contribution is 2.35. The van der Waals surface area contributed by atoms with Gasteiger partial charge in [-0.3, -0.25) is 0 Å². The van der Waals surface area contributed by atoms with E-state index in [2.05, 4.69) is 15.3 Å². The maximum atomic E-state index is 10.7. The molecule has 7 nitrogen and oxygen atoms in total. The largest absolute Gasteiger partial charge is 0.695 e. The quantitative estimate of drug-likeness (QED) is 0.677. The molecule has 1 aliphatic rings. The number of nitrogens with zero attached hydrogens (tertiary/aromatic N) is 2. The fourth-order valence-corrected chi connectivity index (χ4v) is 2.72. The lowest BCUT2D eigenvalue weighted by Crippen LogP contribution is -2.18. The average molecular weight is 272 g/mol. The third-order valence-electron chi connectivity index (χ3n) is 3.02. The van der Waals surface area contributed by atoms with Gasteiger partial charge in [0.25, 0.3) is 0 Å². The monoisotopic (exact) mass is 272 g/mol. The van der Waals surface area contributed by atoms with Crippen LogP contribution in [0.5, 0.6) is 0 Å². The zero-order valence-corrected chi connectivity index (χ0v) is 10.5. The van der Waals surface area contributed by atoms with Crippen molar-refractivity contribution in [1.82, 2.24) is 9.97 Å². The Morgan fingerprint density at radius 3 is 3.00 bits per heavy atom. The van der Waals surface area contributed by atoms with Gasteiger partial charge in [-0.05, 0) is 18.9 Å². The molecule has 2 unspecified atom stereocenters. The lowest BCUT2D eigenvalue weighted by atomic mass is 10.1. The molecule has 3 N–H and O–H groups in total. The van der Waals surface area contributed by atoms with Crippen LogP contribution in [0.3, 0.4) is 0 Å². The topological polar surface area (TPSA) is 105 Å². The van der Waals surface area contributed by atoms with E-state index in [9.17, 15) is 9.67 Å². The van der Waals surface area contributed by atoms with Gasteiger partial charge in [0.15, 0.2) is 0 Å². The molecule has 4 atom stereocenters. The maximum absolute atomic E-state index is 10.7. The first-order valence-corrected chi connectivity index (χ1v) is 6.78. The van der Waals surface area contributed by atoms with Gasteiger partial charge in [-0.2, -0.15) is 0 Å². The molecule has 0 saturated heterocycles. The van der Waals surface area contributed by atoms with Crippen LogP contribution in [0.4, 0.5) is 5.82 Å². The van der Waals surface area contributed by atoms with Crippen LogP contribution in [0.2, 0.25) is 0 Å². The minimum atomic E-state index is -2.64. The minimum Gasteiger partial charge on any atom is -0.396 e. The SMILES string of the molecule is O=[P+](O)OC1C[C@H](Nc2ccncn2)C[C@@H]1CO. The molecule has 0 radical (unpaired) electrons. The summed E-state index contributed by atoms with van der Waals surface area (Å²) in [5.74, 6) is 0.566. The van der Waals surface area contributed by atoms with E-state index in [1.807, 2.05) is 0 Å². The minimum absolute atomic E-state index is 0.0597. The van der Waals surface area contributed by atoms with E-state index in [1.54, 1.807) is 12.3 Å². The van der Waals surface area contributed by atoms with Gasteiger partial charge in [0.2, 0.25) is 0 Å². The van der Waals surface area contributed by atoms with Crippen LogP contribution in [0.25, 0.3) is 0 Å². The molecule has 18 heavy (non-hydrogen) atoms. The van der Waals surface area contributed by atoms with Gasteiger partial charge in [0, 0.05) is 29.3 Å². The molecule has 0 aromatic carbocycles. The normalized spacial score (nSPS) is 28.1. The van der Waals surface area contributed by atoms with E-state index in [0.29, 0.717) is 18.7 Å². The van der Waals surface area contributed by atoms with Crippen molar-refractivity contribution in [2.75, 3.05) is 11.9 Å². The van der Waals surface area contributed by atoms with E-state index in [4.69, 9.17) is 9.42 Å². The van der Waals surface area contributed by atoms with Gasteiger partial charge < -0.3 is 10.4 Å². The second-order valence-corrected chi connectivity index (χ2v) is 4.92. The molecule has 1 saturated carbocycles. The van der Waals surface area contributed by atoms with Crippen molar-refractivity contribution >= 4 is 14.1 Å². The van der Waals surface area contributed by atoms with Gasteiger partial charge >= 0.3 is 8.25 Å². The Hall–Kier alpha value is -1.14. The molecule has 1 aromatic heterocycles. The zero-order valence-electron chi connectivity index (χ0n) is 9.64. The number of hydrogen-bond acceptors (Lipinski definition) is 6. The number of aromatic nitrogens is 2. The molecule has 8 heteroatoms. The molecular formula is C10H15N3O4P+. The molecule has 1 fully saturated rings. The Kier molecular flexibility index (Phi) is 4.54. The van der Waals surface area contributed by atoms with Crippen molar-refractivity contribution in [2.45, 2.75) is 25.0 Å². The summed E-state index contributed by atoms with van der Waals surface area (Å²) in [5.41, 5.74) is 0. The van der Waals surface area contributed by atoms with Crippen molar-refractivity contribution < 1.29 is 19.1 Å². The summed E-state index contributed by atoms with van der Waals surface area (Å²) >= 11 is 0. The van der Waals surface area contributed by atoms with Crippen LogP contribution in [0.15, 0.2) is 18.6 Å². The summed E-state index contributed by atoms with van der Waals surface area (Å²) < 4.78 is 15.6. The molecule has 0 aliphatic heterocycles. The predicted molar refractivity (Wildman–Crippen MR) is 64.0 cm³/mol. The number of aliphatic hydroxyl groups excluding tert-OH is 1. The molecule has 1 aliphatic carbocycles. The van der Waals surface area contributed by atoms with Crippen molar-refractivity contribution in [2.24, 2.45) is 5.92 Å². The summed E-state index contributed by atoms with van der Waals surface area (Å²) in [6.45, 7) is -0.0597. The molecule has 0 amide bonds. The molecule has 1 heterocycles. The lowest BCUT2D eigenvalue weighted by molar-refractivity contribution is 0.106. The summed E-state index contributed by atoms with van der Waals surface area (Å²) in [4.78, 5) is 16.6. The van der Waals surface area contributed by atoms with E-state index >= 15 is 0 Å². The van der Waals surface area contributed by atoms with E-state index in [1.165, 1.54) is 6.33 Å². The summed E-state index contributed by atoms with van der Waals surface area (Å²) in [5, 5.41) is 12.4. The lowest BCUT2D eigenvalue weighted by Gasteiger charge is -2.12. The Morgan fingerprint density at radius 2 is 2.39 bits per heavy atom. The molecular weight excluding hydrogens is 257 g/mol. The third-order valence-corrected chi connectivity index (χ3v) is 3.48. The Bertz CT molecular complexity index is 405. The van der Waals surface area contributed by atoms with Crippen molar-refractivity contribution in [3.8, 4) is 0 Å². The van der Waals surface area contributed by atoms with Gasteiger partial charge in [-0.1, -0.05) is 0 Å². The Labute approximate surface area is 105 Å². The molecule has 2 rings (SSSR count). The standard InChI is InChI=1S/C10H14N3O4P/c14-5-7-3-8(4-9(7)17-18(15)16)13-10-1-2-11-6-12-10/h1-2,6-9,14H,3-5H2,(H-,11,12,13,15,16)/p+1/t7-,8-,9?/m1/s1. The first-order valence-electron chi connectivity index (χ1n) is 5.65. The smallest absolute Gasteiger partial charge is 0.396 e. The molecule has 0 spiro atoms. The average Bonchev–Trinajstić information content (AvgIpc) is 2.71. The molecule has 1 aromatic rings. The number of aliphatic hydroxyl groups is 1. The van der Waals surface area contributed by atoms with Crippen LogP contribution in [0, 0.1) is 5.92 Å². The van der Waals surface area contributed by atoms with E-state index < -0.39 is 14.4 Å². The number of rotatable bonds is 5. The molecule has 0 bridgehead atoms. The highest BCUT2D eigenvalue weighted by Gasteiger charge is 2.40. The zero-order chi connectivity index (χ0) is 13.0. The van der Waals surface area contributed by atoms with Crippen LogP contribution < -0.4 is 5.32 Å². The second kappa shape index (κ2) is 6.15. The first kappa shape index (κ1) is 13.3. The van der Waals surface area contributed by atoms with Crippen LogP contribution in [0.1, 0.15) is 12.8 Å². The summed E-state index contributed by atoms with van der Waals surface area (Å²) in [6.07, 6.45) is 3.92. The number of hydrogen-bond donors (Lipinski definition) is 3. The molecule has 98 valence electrons. The van der Waals surface area contributed by atoms with Crippen LogP contribution >= 0.6 is 8.25 Å². The third kappa shape index (κ3) is 3.43. The van der Waals surface area contributed by atoms with Crippen molar-refractivity contribution in [3.63, 3.8) is 0 Å². The number of nitrogens with one attached hydrogen (secondary N) is 1.